The van der Waals surface area contributed by atoms with Crippen molar-refractivity contribution in [2.45, 2.75) is 33.7 Å². The van der Waals surface area contributed by atoms with Crippen molar-refractivity contribution in [3.63, 3.8) is 0 Å². The van der Waals surface area contributed by atoms with Crippen molar-refractivity contribution in [3.05, 3.63) is 83.1 Å². The fourth-order valence-corrected chi connectivity index (χ4v) is 2.42. The van der Waals surface area contributed by atoms with E-state index in [2.05, 4.69) is 5.32 Å². The van der Waals surface area contributed by atoms with Crippen LogP contribution >= 0.6 is 0 Å². The lowest BCUT2D eigenvalue weighted by Crippen LogP contribution is -2.25. The summed E-state index contributed by atoms with van der Waals surface area (Å²) in [7, 11) is 0. The van der Waals surface area contributed by atoms with Crippen molar-refractivity contribution < 1.29 is 9.53 Å². The van der Waals surface area contributed by atoms with E-state index in [-0.39, 0.29) is 5.91 Å². The number of hydrogen-bond acceptors (Lipinski definition) is 3. The summed E-state index contributed by atoms with van der Waals surface area (Å²) in [4.78, 5) is 12.4. The number of nitrogens with one attached hydrogen (secondary N) is 1. The predicted octanol–water partition coefficient (Wildman–Crippen LogP) is 4.60. The van der Waals surface area contributed by atoms with Crippen molar-refractivity contribution in [2.75, 3.05) is 0 Å². The van der Waals surface area contributed by atoms with Crippen LogP contribution in [0.5, 0.6) is 11.5 Å². The molecule has 0 unspecified atom stereocenters. The van der Waals surface area contributed by atoms with E-state index in [4.69, 9.17) is 10.5 Å². The van der Waals surface area contributed by atoms with Gasteiger partial charge in [0.2, 0.25) is 0 Å². The SMILES string of the molecule is CC/C=C\C(C(=O)NCc1cccc(Oc2ccccc2C)c1)=C(/C)N. The number of carbonyl (C=O) groups excluding carboxylic acids is 1. The summed E-state index contributed by atoms with van der Waals surface area (Å²) in [5.74, 6) is 1.38. The Balaban J connectivity index is 2.05. The summed E-state index contributed by atoms with van der Waals surface area (Å²) < 4.78 is 5.94. The monoisotopic (exact) mass is 350 g/mol. The fourth-order valence-electron chi connectivity index (χ4n) is 2.42. The number of hydrogen-bond donors (Lipinski definition) is 2. The molecule has 26 heavy (non-hydrogen) atoms. The molecule has 0 fully saturated rings. The molecule has 0 aliphatic rings. The molecular weight excluding hydrogens is 324 g/mol. The summed E-state index contributed by atoms with van der Waals surface area (Å²) in [5.41, 5.74) is 8.85. The van der Waals surface area contributed by atoms with Crippen LogP contribution in [-0.4, -0.2) is 5.91 Å². The molecule has 0 heterocycles. The van der Waals surface area contributed by atoms with Crippen molar-refractivity contribution >= 4 is 5.91 Å². The number of amides is 1. The van der Waals surface area contributed by atoms with Crippen LogP contribution in [0.4, 0.5) is 0 Å². The molecule has 136 valence electrons. The first-order chi connectivity index (χ1) is 12.5. The zero-order chi connectivity index (χ0) is 18.9. The Bertz CT molecular complexity index is 818. The molecule has 0 bridgehead atoms. The van der Waals surface area contributed by atoms with Gasteiger partial charge in [0.25, 0.3) is 5.91 Å². The highest BCUT2D eigenvalue weighted by Gasteiger charge is 2.09. The molecule has 0 atom stereocenters. The van der Waals surface area contributed by atoms with Gasteiger partial charge in [0.15, 0.2) is 0 Å². The van der Waals surface area contributed by atoms with Crippen molar-refractivity contribution in [2.24, 2.45) is 5.73 Å². The number of rotatable bonds is 7. The Morgan fingerprint density at radius 3 is 2.65 bits per heavy atom. The largest absolute Gasteiger partial charge is 0.457 e. The first-order valence-corrected chi connectivity index (χ1v) is 8.74. The average Bonchev–Trinajstić information content (AvgIpc) is 2.62. The van der Waals surface area contributed by atoms with Crippen LogP contribution in [-0.2, 0) is 11.3 Å². The minimum absolute atomic E-state index is 0.181. The van der Waals surface area contributed by atoms with Gasteiger partial charge in [-0.3, -0.25) is 4.79 Å². The molecule has 1 amide bonds. The Morgan fingerprint density at radius 2 is 1.96 bits per heavy atom. The third kappa shape index (κ3) is 5.52. The van der Waals surface area contributed by atoms with E-state index in [0.29, 0.717) is 17.8 Å². The smallest absolute Gasteiger partial charge is 0.253 e. The van der Waals surface area contributed by atoms with Gasteiger partial charge in [0.1, 0.15) is 11.5 Å². The van der Waals surface area contributed by atoms with Gasteiger partial charge in [0.05, 0.1) is 5.57 Å². The highest BCUT2D eigenvalue weighted by atomic mass is 16.5. The molecule has 0 saturated carbocycles. The molecule has 4 heteroatoms. The fraction of sp³-hybridized carbons (Fsp3) is 0.227. The molecule has 2 aromatic rings. The van der Waals surface area contributed by atoms with E-state index in [1.165, 1.54) is 0 Å². The van der Waals surface area contributed by atoms with Crippen LogP contribution in [0.1, 0.15) is 31.4 Å². The number of aryl methyl sites for hydroxylation is 1. The van der Waals surface area contributed by atoms with Crippen LogP contribution in [0.15, 0.2) is 72.0 Å². The van der Waals surface area contributed by atoms with Gasteiger partial charge in [-0.1, -0.05) is 49.4 Å². The van der Waals surface area contributed by atoms with Crippen molar-refractivity contribution in [3.8, 4) is 11.5 Å². The quantitative estimate of drug-likeness (QED) is 0.566. The van der Waals surface area contributed by atoms with Gasteiger partial charge in [0, 0.05) is 12.2 Å². The van der Waals surface area contributed by atoms with Crippen LogP contribution in [0.25, 0.3) is 0 Å². The lowest BCUT2D eigenvalue weighted by Gasteiger charge is -2.11. The maximum absolute atomic E-state index is 12.4. The minimum atomic E-state index is -0.181. The normalized spacial score (nSPS) is 12.0. The van der Waals surface area contributed by atoms with Crippen LogP contribution in [0.3, 0.4) is 0 Å². The van der Waals surface area contributed by atoms with E-state index in [1.54, 1.807) is 13.0 Å². The third-order valence-corrected chi connectivity index (χ3v) is 3.86. The number of allylic oxidation sites excluding steroid dienone is 2. The van der Waals surface area contributed by atoms with Crippen LogP contribution in [0.2, 0.25) is 0 Å². The maximum atomic E-state index is 12.4. The van der Waals surface area contributed by atoms with Gasteiger partial charge >= 0.3 is 0 Å². The number of carbonyl (C=O) groups is 1. The Labute approximate surface area is 155 Å². The molecule has 2 rings (SSSR count). The van der Waals surface area contributed by atoms with Gasteiger partial charge in [-0.2, -0.15) is 0 Å². The van der Waals surface area contributed by atoms with E-state index in [0.717, 1.165) is 29.0 Å². The molecule has 0 aromatic heterocycles. The third-order valence-electron chi connectivity index (χ3n) is 3.86. The van der Waals surface area contributed by atoms with E-state index in [1.807, 2.05) is 68.5 Å². The van der Waals surface area contributed by atoms with Crippen molar-refractivity contribution in [1.29, 1.82) is 0 Å². The molecule has 0 radical (unpaired) electrons. The van der Waals surface area contributed by atoms with Gasteiger partial charge < -0.3 is 15.8 Å². The van der Waals surface area contributed by atoms with Gasteiger partial charge in [-0.15, -0.1) is 0 Å². The molecule has 0 saturated heterocycles. The molecule has 0 aliphatic heterocycles. The first-order valence-electron chi connectivity index (χ1n) is 8.74. The van der Waals surface area contributed by atoms with E-state index in [9.17, 15) is 4.79 Å². The summed E-state index contributed by atoms with van der Waals surface area (Å²) in [6, 6.07) is 15.6. The Morgan fingerprint density at radius 1 is 1.19 bits per heavy atom. The second kappa shape index (κ2) is 9.47. The highest BCUT2D eigenvalue weighted by Crippen LogP contribution is 2.25. The molecule has 2 aromatic carbocycles. The molecule has 0 spiro atoms. The van der Waals surface area contributed by atoms with Crippen LogP contribution in [0, 0.1) is 6.92 Å². The lowest BCUT2D eigenvalue weighted by molar-refractivity contribution is -0.117. The number of benzene rings is 2. The Kier molecular flexibility index (Phi) is 7.03. The van der Waals surface area contributed by atoms with E-state index >= 15 is 0 Å². The Hall–Kier alpha value is -3.01. The van der Waals surface area contributed by atoms with Gasteiger partial charge in [-0.25, -0.2) is 0 Å². The van der Waals surface area contributed by atoms with Gasteiger partial charge in [-0.05, 0) is 49.6 Å². The number of nitrogens with two attached hydrogens (primary N) is 1. The topological polar surface area (TPSA) is 64.3 Å². The summed E-state index contributed by atoms with van der Waals surface area (Å²) in [5, 5.41) is 2.91. The second-order valence-electron chi connectivity index (χ2n) is 6.10. The number of para-hydroxylation sites is 1. The zero-order valence-electron chi connectivity index (χ0n) is 15.6. The molecule has 3 N–H and O–H groups in total. The minimum Gasteiger partial charge on any atom is -0.457 e. The van der Waals surface area contributed by atoms with Crippen LogP contribution < -0.4 is 15.8 Å². The van der Waals surface area contributed by atoms with E-state index < -0.39 is 0 Å². The van der Waals surface area contributed by atoms with Crippen molar-refractivity contribution in [1.82, 2.24) is 5.32 Å². The molecule has 0 aliphatic carbocycles. The molecule has 4 nitrogen and oxygen atoms in total. The average molecular weight is 350 g/mol. The summed E-state index contributed by atoms with van der Waals surface area (Å²) in [6.45, 7) is 6.15. The number of ether oxygens (including phenoxy) is 1. The summed E-state index contributed by atoms with van der Waals surface area (Å²) in [6.07, 6.45) is 4.53. The first kappa shape index (κ1) is 19.3. The lowest BCUT2D eigenvalue weighted by atomic mass is 10.1. The predicted molar refractivity (Wildman–Crippen MR) is 106 cm³/mol. The molecular formula is C22H26N2O2. The highest BCUT2D eigenvalue weighted by molar-refractivity contribution is 5.96. The summed E-state index contributed by atoms with van der Waals surface area (Å²) >= 11 is 0. The zero-order valence-corrected chi connectivity index (χ0v) is 15.6. The standard InChI is InChI=1S/C22H26N2O2/c1-4-5-12-20(17(3)23)22(25)24-15-18-10-8-11-19(14-18)26-21-13-7-6-9-16(21)2/h5-14H,4,15,23H2,1-3H3,(H,24,25)/b12-5-,20-17-. The second-order valence-corrected chi connectivity index (χ2v) is 6.10. The maximum Gasteiger partial charge on any atom is 0.253 e.